The highest BCUT2D eigenvalue weighted by atomic mass is 16.2. The van der Waals surface area contributed by atoms with Crippen LogP contribution in [0, 0.1) is 22.1 Å². The van der Waals surface area contributed by atoms with Crippen molar-refractivity contribution in [3.63, 3.8) is 0 Å². The van der Waals surface area contributed by atoms with Gasteiger partial charge in [0, 0.05) is 31.6 Å². The zero-order valence-corrected chi connectivity index (χ0v) is 32.0. The van der Waals surface area contributed by atoms with E-state index >= 15 is 0 Å². The number of benzene rings is 1. The van der Waals surface area contributed by atoms with Crippen LogP contribution in [0.4, 0.5) is 0 Å². The minimum Gasteiger partial charge on any atom is -0.384 e. The molecule has 0 fully saturated rings. The predicted octanol–water partition coefficient (Wildman–Crippen LogP) is 2.14. The molecule has 1 unspecified atom stereocenters. The smallest absolute Gasteiger partial charge is 0.243 e. The molecular formula is C37H66N12O4. The molecule has 53 heavy (non-hydrogen) atoms. The molecule has 15 N–H and O–H groups in total. The molecule has 0 spiro atoms. The number of hydrogen-bond donors (Lipinski definition) is 12. The molecule has 0 saturated heterocycles. The average Bonchev–Trinajstić information content (AvgIpc) is 3.10. The van der Waals surface area contributed by atoms with Gasteiger partial charge in [-0.2, -0.15) is 0 Å². The van der Waals surface area contributed by atoms with E-state index < -0.39 is 35.8 Å². The van der Waals surface area contributed by atoms with Crippen molar-refractivity contribution in [2.75, 3.05) is 13.1 Å². The number of rotatable bonds is 28. The van der Waals surface area contributed by atoms with Gasteiger partial charge >= 0.3 is 0 Å². The lowest BCUT2D eigenvalue weighted by Gasteiger charge is -2.27. The maximum atomic E-state index is 13.7. The molecule has 0 radical (unpaired) electrons. The average molecular weight is 743 g/mol. The van der Waals surface area contributed by atoms with Crippen molar-refractivity contribution in [3.8, 4) is 0 Å². The number of nitrogen functional groups attached to an aromatic ring is 1. The minimum atomic E-state index is -1.01. The Kier molecular flexibility index (Phi) is 23.3. The summed E-state index contributed by atoms with van der Waals surface area (Å²) in [5.41, 5.74) is 17.6. The number of hydrogen-bond acceptors (Lipinski definition) is 7. The summed E-state index contributed by atoms with van der Waals surface area (Å²) in [6.07, 6.45) is 11.6. The first-order valence-corrected chi connectivity index (χ1v) is 19.0. The Morgan fingerprint density at radius 3 is 1.62 bits per heavy atom. The third kappa shape index (κ3) is 21.3. The third-order valence-corrected chi connectivity index (χ3v) is 8.74. The molecule has 0 aliphatic rings. The topological polar surface area (TPSA) is 290 Å². The quantitative estimate of drug-likeness (QED) is 0.0340. The lowest BCUT2D eigenvalue weighted by molar-refractivity contribution is -0.134. The van der Waals surface area contributed by atoms with Crippen LogP contribution in [-0.2, 0) is 25.7 Å². The van der Waals surface area contributed by atoms with Crippen molar-refractivity contribution in [2.24, 2.45) is 23.1 Å². The maximum Gasteiger partial charge on any atom is 0.243 e. The van der Waals surface area contributed by atoms with Crippen LogP contribution in [0.1, 0.15) is 122 Å². The molecule has 0 aliphatic heterocycles. The molecule has 4 amide bonds. The molecule has 0 aromatic heterocycles. The first-order chi connectivity index (χ1) is 25.2. The molecule has 16 nitrogen and oxygen atoms in total. The van der Waals surface area contributed by atoms with Gasteiger partial charge in [-0.05, 0) is 43.6 Å². The third-order valence-electron chi connectivity index (χ3n) is 8.74. The van der Waals surface area contributed by atoms with Gasteiger partial charge in [-0.3, -0.25) is 35.4 Å². The van der Waals surface area contributed by atoms with Gasteiger partial charge in [0.15, 0.2) is 11.9 Å². The Labute approximate surface area is 315 Å². The lowest BCUT2D eigenvalue weighted by atomic mass is 10.0. The van der Waals surface area contributed by atoms with Gasteiger partial charge in [0.05, 0.1) is 0 Å². The first-order valence-electron chi connectivity index (χ1n) is 19.0. The van der Waals surface area contributed by atoms with E-state index in [2.05, 4.69) is 38.8 Å². The van der Waals surface area contributed by atoms with Crippen LogP contribution in [0.2, 0.25) is 0 Å². The van der Waals surface area contributed by atoms with Gasteiger partial charge in [-0.1, -0.05) is 96.4 Å². The molecule has 16 heteroatoms. The molecule has 1 aromatic rings. The van der Waals surface area contributed by atoms with Gasteiger partial charge in [0.25, 0.3) is 0 Å². The Balaban J connectivity index is 2.94. The van der Waals surface area contributed by atoms with E-state index in [-0.39, 0.29) is 55.4 Å². The summed E-state index contributed by atoms with van der Waals surface area (Å²) < 4.78 is 0. The summed E-state index contributed by atoms with van der Waals surface area (Å²) in [6.45, 7) is 6.55. The van der Waals surface area contributed by atoms with Gasteiger partial charge < -0.3 is 49.1 Å². The fourth-order valence-electron chi connectivity index (χ4n) is 5.62. The standard InChI is InChI=1S/C37H66N12O4/c1-4-5-6-7-8-9-10-11-12-17-30(50)47-29(16-14-23-45-37(42)43)34(52)49-31(25(2)3)35(53)48-28(15-13-22-44-36(40)41)33(51)46-24-26-18-20-27(21-19-26)32(38)39/h18-21,25,28-29,31H,4-17,22-24H2,1-3H3,(H3,38,39)(H,46,51)(H,47,50)(H,48,53)(H,49,52)(H4,40,41,44)(H4,42,43,45)/t28-,29-,31?/m0/s1. The fraction of sp³-hybridized carbons (Fsp3) is 0.649. The Morgan fingerprint density at radius 2 is 1.13 bits per heavy atom. The second-order valence-electron chi connectivity index (χ2n) is 13.8. The predicted molar refractivity (Wildman–Crippen MR) is 210 cm³/mol. The van der Waals surface area contributed by atoms with Crippen molar-refractivity contribution in [3.05, 3.63) is 35.4 Å². The molecule has 0 bridgehead atoms. The Hall–Kier alpha value is -4.89. The largest absolute Gasteiger partial charge is 0.384 e. The van der Waals surface area contributed by atoms with E-state index in [1.165, 1.54) is 32.1 Å². The van der Waals surface area contributed by atoms with Crippen LogP contribution in [0.15, 0.2) is 24.3 Å². The van der Waals surface area contributed by atoms with Crippen molar-refractivity contribution in [1.82, 2.24) is 31.9 Å². The van der Waals surface area contributed by atoms with Gasteiger partial charge in [-0.25, -0.2) is 0 Å². The summed E-state index contributed by atoms with van der Waals surface area (Å²) in [7, 11) is 0. The van der Waals surface area contributed by atoms with Crippen LogP contribution in [0.3, 0.4) is 0 Å². The van der Waals surface area contributed by atoms with E-state index in [1.54, 1.807) is 38.1 Å². The van der Waals surface area contributed by atoms with Crippen molar-refractivity contribution in [1.29, 1.82) is 16.2 Å². The second kappa shape index (κ2) is 26.8. The van der Waals surface area contributed by atoms with Crippen LogP contribution < -0.4 is 49.1 Å². The number of carbonyl (C=O) groups is 4. The van der Waals surface area contributed by atoms with Gasteiger partial charge in [0.1, 0.15) is 24.0 Å². The van der Waals surface area contributed by atoms with Crippen LogP contribution in [0.25, 0.3) is 0 Å². The van der Waals surface area contributed by atoms with Crippen LogP contribution in [0.5, 0.6) is 0 Å². The van der Waals surface area contributed by atoms with E-state index in [0.29, 0.717) is 37.9 Å². The molecular weight excluding hydrogens is 676 g/mol. The monoisotopic (exact) mass is 743 g/mol. The van der Waals surface area contributed by atoms with Gasteiger partial charge in [0.2, 0.25) is 23.6 Å². The molecule has 1 aromatic carbocycles. The molecule has 298 valence electrons. The molecule has 1 rings (SSSR count). The minimum absolute atomic E-state index is 0.0675. The highest BCUT2D eigenvalue weighted by molar-refractivity contribution is 5.95. The first kappa shape index (κ1) is 46.1. The number of amides is 4. The van der Waals surface area contributed by atoms with Crippen molar-refractivity contribution < 1.29 is 19.2 Å². The summed E-state index contributed by atoms with van der Waals surface area (Å²) in [4.78, 5) is 53.6. The molecule has 0 heterocycles. The van der Waals surface area contributed by atoms with E-state index in [9.17, 15) is 19.2 Å². The van der Waals surface area contributed by atoms with Crippen molar-refractivity contribution >= 4 is 41.4 Å². The number of amidine groups is 1. The highest BCUT2D eigenvalue weighted by Gasteiger charge is 2.31. The van der Waals surface area contributed by atoms with E-state index in [1.807, 2.05) is 0 Å². The van der Waals surface area contributed by atoms with Crippen molar-refractivity contribution in [2.45, 2.75) is 135 Å². The second-order valence-corrected chi connectivity index (χ2v) is 13.8. The SMILES string of the molecule is CCCCCCCCCCCC(=O)N[C@@H](CCCNC(=N)N)C(=O)NC(C(=O)N[C@@H](CCCNC(=N)N)C(=O)NCc1ccc(C(=N)N)cc1)C(C)C. The zero-order chi connectivity index (χ0) is 39.6. The summed E-state index contributed by atoms with van der Waals surface area (Å²) in [5.74, 6) is -2.60. The highest BCUT2D eigenvalue weighted by Crippen LogP contribution is 2.12. The summed E-state index contributed by atoms with van der Waals surface area (Å²) >= 11 is 0. The molecule has 0 saturated carbocycles. The van der Waals surface area contributed by atoms with E-state index in [4.69, 9.17) is 33.4 Å². The van der Waals surface area contributed by atoms with Gasteiger partial charge in [-0.15, -0.1) is 0 Å². The maximum absolute atomic E-state index is 13.7. The van der Waals surface area contributed by atoms with Crippen LogP contribution in [-0.4, -0.2) is 72.6 Å². The van der Waals surface area contributed by atoms with E-state index in [0.717, 1.165) is 24.8 Å². The number of unbranched alkanes of at least 4 members (excludes halogenated alkanes) is 8. The Bertz CT molecular complexity index is 1310. The Morgan fingerprint density at radius 1 is 0.623 bits per heavy atom. The molecule has 0 aliphatic carbocycles. The summed E-state index contributed by atoms with van der Waals surface area (Å²) in [6, 6.07) is 3.95. The van der Waals surface area contributed by atoms with Crippen LogP contribution >= 0.6 is 0 Å². The zero-order valence-electron chi connectivity index (χ0n) is 32.0. The number of nitrogens with one attached hydrogen (secondary N) is 9. The summed E-state index contributed by atoms with van der Waals surface area (Å²) in [5, 5.41) is 39.0. The lowest BCUT2D eigenvalue weighted by Crippen LogP contribution is -2.58. The number of carbonyl (C=O) groups excluding carboxylic acids is 4. The fourth-order valence-corrected chi connectivity index (χ4v) is 5.62. The molecule has 3 atom stereocenters. The number of nitrogens with two attached hydrogens (primary N) is 3. The number of guanidine groups is 2. The normalized spacial score (nSPS) is 12.5.